The highest BCUT2D eigenvalue weighted by molar-refractivity contribution is 5.74. The van der Waals surface area contributed by atoms with Gasteiger partial charge in [0.25, 0.3) is 0 Å². The molecule has 1 aromatic carbocycles. The van der Waals surface area contributed by atoms with E-state index in [4.69, 9.17) is 15.5 Å². The standard InChI is InChI=1S/C25H26N8O/c1-5-25(2,3)22-11-7-9-17(28-22)14-33-15-21(31-32-33)20-12-19(29-24(27)30-20)18-10-6-8-16(13-26)23(18)34-4/h6-12,15H,5,14H2,1-4H3,(H2,27,29,30). The molecule has 3 aromatic heterocycles. The van der Waals surface area contributed by atoms with Crippen LogP contribution in [0.3, 0.4) is 0 Å². The van der Waals surface area contributed by atoms with Gasteiger partial charge in [-0.1, -0.05) is 38.1 Å². The highest BCUT2D eigenvalue weighted by atomic mass is 16.5. The van der Waals surface area contributed by atoms with Gasteiger partial charge < -0.3 is 10.5 Å². The number of methoxy groups -OCH3 is 1. The zero-order chi connectivity index (χ0) is 24.3. The molecule has 2 N–H and O–H groups in total. The van der Waals surface area contributed by atoms with Crippen LogP contribution in [0, 0.1) is 11.3 Å². The lowest BCUT2D eigenvalue weighted by Gasteiger charge is -2.22. The summed E-state index contributed by atoms with van der Waals surface area (Å²) in [6.07, 6.45) is 2.80. The van der Waals surface area contributed by atoms with Crippen LogP contribution < -0.4 is 10.5 Å². The van der Waals surface area contributed by atoms with Crippen molar-refractivity contribution in [2.45, 2.75) is 39.2 Å². The van der Waals surface area contributed by atoms with Crippen LogP contribution in [0.25, 0.3) is 22.6 Å². The summed E-state index contributed by atoms with van der Waals surface area (Å²) in [5, 5.41) is 17.9. The first-order valence-electron chi connectivity index (χ1n) is 10.9. The molecule has 0 unspecified atom stereocenters. The van der Waals surface area contributed by atoms with Crippen molar-refractivity contribution in [3.63, 3.8) is 0 Å². The molecule has 0 aliphatic carbocycles. The molecule has 4 rings (SSSR count). The number of rotatable bonds is 7. The molecule has 3 heterocycles. The fraction of sp³-hybridized carbons (Fsp3) is 0.280. The number of benzene rings is 1. The Morgan fingerprint density at radius 3 is 2.56 bits per heavy atom. The Balaban J connectivity index is 1.65. The number of nitrogens with zero attached hydrogens (tertiary/aromatic N) is 7. The van der Waals surface area contributed by atoms with Crippen LogP contribution in [0.1, 0.15) is 44.1 Å². The van der Waals surface area contributed by atoms with Crippen molar-refractivity contribution in [3.8, 4) is 34.5 Å². The van der Waals surface area contributed by atoms with E-state index in [9.17, 15) is 5.26 Å². The van der Waals surface area contributed by atoms with Crippen LogP contribution in [-0.4, -0.2) is 37.1 Å². The molecule has 0 fully saturated rings. The summed E-state index contributed by atoms with van der Waals surface area (Å²) >= 11 is 0. The van der Waals surface area contributed by atoms with Gasteiger partial charge in [-0.05, 0) is 36.8 Å². The predicted octanol–water partition coefficient (Wildman–Crippen LogP) is 4.00. The number of hydrogen-bond acceptors (Lipinski definition) is 8. The number of anilines is 1. The van der Waals surface area contributed by atoms with Crippen molar-refractivity contribution in [3.05, 3.63) is 65.6 Å². The molecular weight excluding hydrogens is 428 g/mol. The van der Waals surface area contributed by atoms with E-state index in [1.807, 2.05) is 18.2 Å². The molecule has 0 atom stereocenters. The van der Waals surface area contributed by atoms with Crippen molar-refractivity contribution in [2.75, 3.05) is 12.8 Å². The second-order valence-electron chi connectivity index (χ2n) is 8.55. The Morgan fingerprint density at radius 2 is 1.82 bits per heavy atom. The summed E-state index contributed by atoms with van der Waals surface area (Å²) in [6.45, 7) is 7.01. The van der Waals surface area contributed by atoms with E-state index in [1.54, 1.807) is 29.1 Å². The van der Waals surface area contributed by atoms with Crippen LogP contribution in [0.5, 0.6) is 5.75 Å². The molecule has 9 heteroatoms. The number of para-hydroxylation sites is 1. The van der Waals surface area contributed by atoms with E-state index < -0.39 is 0 Å². The Bertz CT molecular complexity index is 1370. The van der Waals surface area contributed by atoms with Crippen LogP contribution >= 0.6 is 0 Å². The first kappa shape index (κ1) is 22.9. The molecule has 9 nitrogen and oxygen atoms in total. The van der Waals surface area contributed by atoms with Crippen molar-refractivity contribution in [1.82, 2.24) is 29.9 Å². The third-order valence-electron chi connectivity index (χ3n) is 5.87. The minimum absolute atomic E-state index is 0.00231. The third kappa shape index (κ3) is 4.57. The average molecular weight is 455 g/mol. The zero-order valence-electron chi connectivity index (χ0n) is 19.6. The van der Waals surface area contributed by atoms with Gasteiger partial charge in [-0.2, -0.15) is 5.26 Å². The van der Waals surface area contributed by atoms with Gasteiger partial charge in [0.05, 0.1) is 42.5 Å². The number of nitrogens with two attached hydrogens (primary N) is 1. The Labute approximate surface area is 198 Å². The maximum atomic E-state index is 9.39. The largest absolute Gasteiger partial charge is 0.495 e. The predicted molar refractivity (Wildman–Crippen MR) is 129 cm³/mol. The van der Waals surface area contributed by atoms with Gasteiger partial charge in [0.2, 0.25) is 5.95 Å². The second kappa shape index (κ2) is 9.27. The van der Waals surface area contributed by atoms with Gasteiger partial charge in [-0.3, -0.25) is 4.98 Å². The summed E-state index contributed by atoms with van der Waals surface area (Å²) in [5.41, 5.74) is 10.6. The monoisotopic (exact) mass is 454 g/mol. The maximum absolute atomic E-state index is 9.39. The van der Waals surface area contributed by atoms with Crippen molar-refractivity contribution < 1.29 is 4.74 Å². The number of nitrogen functional groups attached to an aromatic ring is 1. The van der Waals surface area contributed by atoms with Crippen LogP contribution in [0.15, 0.2) is 48.7 Å². The summed E-state index contributed by atoms with van der Waals surface area (Å²) in [6, 6.07) is 15.2. The molecule has 0 bridgehead atoms. The number of nitriles is 1. The fourth-order valence-electron chi connectivity index (χ4n) is 3.57. The van der Waals surface area contributed by atoms with E-state index in [1.165, 1.54) is 7.11 Å². The van der Waals surface area contributed by atoms with E-state index in [0.29, 0.717) is 40.5 Å². The first-order chi connectivity index (χ1) is 16.3. The summed E-state index contributed by atoms with van der Waals surface area (Å²) in [7, 11) is 1.52. The van der Waals surface area contributed by atoms with Crippen LogP contribution in [0.2, 0.25) is 0 Å². The zero-order valence-corrected chi connectivity index (χ0v) is 19.6. The molecule has 172 valence electrons. The van der Waals surface area contributed by atoms with Crippen molar-refractivity contribution in [1.29, 1.82) is 5.26 Å². The molecule has 0 aliphatic rings. The summed E-state index contributed by atoms with van der Waals surface area (Å²) in [4.78, 5) is 13.5. The van der Waals surface area contributed by atoms with E-state index in [-0.39, 0.29) is 11.4 Å². The minimum Gasteiger partial charge on any atom is -0.495 e. The van der Waals surface area contributed by atoms with E-state index >= 15 is 0 Å². The lowest BCUT2D eigenvalue weighted by Crippen LogP contribution is -2.18. The van der Waals surface area contributed by atoms with Gasteiger partial charge in [-0.15, -0.1) is 5.10 Å². The highest BCUT2D eigenvalue weighted by Gasteiger charge is 2.20. The molecule has 34 heavy (non-hydrogen) atoms. The summed E-state index contributed by atoms with van der Waals surface area (Å²) in [5.74, 6) is 0.515. The second-order valence-corrected chi connectivity index (χ2v) is 8.55. The van der Waals surface area contributed by atoms with Gasteiger partial charge in [0.15, 0.2) is 0 Å². The Morgan fingerprint density at radius 1 is 1.06 bits per heavy atom. The molecule has 0 spiro atoms. The van der Waals surface area contributed by atoms with E-state index in [2.05, 4.69) is 53.2 Å². The van der Waals surface area contributed by atoms with Crippen molar-refractivity contribution >= 4 is 5.95 Å². The average Bonchev–Trinajstić information content (AvgIpc) is 3.31. The fourth-order valence-corrected chi connectivity index (χ4v) is 3.57. The third-order valence-corrected chi connectivity index (χ3v) is 5.87. The van der Waals surface area contributed by atoms with Gasteiger partial charge in [0.1, 0.15) is 17.5 Å². The smallest absolute Gasteiger partial charge is 0.221 e. The SMILES string of the molecule is CCC(C)(C)c1cccc(Cn2cc(-c3cc(-c4cccc(C#N)c4OC)nc(N)n3)nn2)n1. The maximum Gasteiger partial charge on any atom is 0.221 e. The lowest BCUT2D eigenvalue weighted by molar-refractivity contribution is 0.415. The molecular formula is C25H26N8O. The lowest BCUT2D eigenvalue weighted by atomic mass is 9.86. The quantitative estimate of drug-likeness (QED) is 0.444. The highest BCUT2D eigenvalue weighted by Crippen LogP contribution is 2.33. The molecule has 0 radical (unpaired) electrons. The normalized spacial score (nSPS) is 11.3. The number of ether oxygens (including phenoxy) is 1. The van der Waals surface area contributed by atoms with E-state index in [0.717, 1.165) is 17.8 Å². The van der Waals surface area contributed by atoms with Crippen LogP contribution in [0.4, 0.5) is 5.95 Å². The number of aromatic nitrogens is 6. The Hall–Kier alpha value is -4.32. The van der Waals surface area contributed by atoms with Gasteiger partial charge in [-0.25, -0.2) is 14.6 Å². The van der Waals surface area contributed by atoms with Gasteiger partial charge >= 0.3 is 0 Å². The van der Waals surface area contributed by atoms with Crippen molar-refractivity contribution in [2.24, 2.45) is 0 Å². The molecule has 0 aliphatic heterocycles. The molecule has 4 aromatic rings. The van der Waals surface area contributed by atoms with Gasteiger partial charge in [0, 0.05) is 16.7 Å². The molecule has 0 amide bonds. The number of pyridine rings is 1. The summed E-state index contributed by atoms with van der Waals surface area (Å²) < 4.78 is 7.17. The molecule has 0 saturated heterocycles. The van der Waals surface area contributed by atoms with Crippen LogP contribution in [-0.2, 0) is 12.0 Å². The Kier molecular flexibility index (Phi) is 6.23. The number of hydrogen-bond donors (Lipinski definition) is 1. The molecule has 0 saturated carbocycles. The first-order valence-corrected chi connectivity index (χ1v) is 10.9. The minimum atomic E-state index is 0.00231. The topological polar surface area (TPSA) is 128 Å².